The van der Waals surface area contributed by atoms with Crippen molar-refractivity contribution in [2.75, 3.05) is 31.1 Å². The monoisotopic (exact) mass is 297 g/mol. The lowest BCUT2D eigenvalue weighted by Crippen LogP contribution is -2.28. The third kappa shape index (κ3) is 3.67. The largest absolute Gasteiger partial charge is 0.372 e. The molecule has 116 valence electrons. The van der Waals surface area contributed by atoms with Crippen molar-refractivity contribution >= 4 is 17.7 Å². The molecule has 1 amide bonds. The van der Waals surface area contributed by atoms with Crippen LogP contribution < -0.4 is 4.90 Å². The smallest absolute Gasteiger partial charge is 0.264 e. The molecule has 0 unspecified atom stereocenters. The number of amides is 1. The highest BCUT2D eigenvalue weighted by molar-refractivity contribution is 6.01. The molecule has 0 radical (unpaired) electrons. The second-order valence-electron chi connectivity index (χ2n) is 5.43. The first-order valence-corrected chi connectivity index (χ1v) is 7.95. The molecule has 1 aromatic carbocycles. The van der Waals surface area contributed by atoms with E-state index >= 15 is 0 Å². The fourth-order valence-electron chi connectivity index (χ4n) is 2.77. The molecule has 2 rings (SSSR count). The summed E-state index contributed by atoms with van der Waals surface area (Å²) in [6.45, 7) is 7.70. The number of carbonyl (C=O) groups excluding carboxylic acids is 1. The minimum Gasteiger partial charge on any atom is -0.372 e. The lowest BCUT2D eigenvalue weighted by molar-refractivity contribution is -0.125. The van der Waals surface area contributed by atoms with Gasteiger partial charge in [-0.15, -0.1) is 0 Å². The number of rotatable bonds is 5. The zero-order valence-electron chi connectivity index (χ0n) is 13.4. The van der Waals surface area contributed by atoms with Crippen LogP contribution >= 0.6 is 0 Å². The summed E-state index contributed by atoms with van der Waals surface area (Å²) in [5, 5.41) is 9.26. The van der Waals surface area contributed by atoms with E-state index in [0.717, 1.165) is 50.3 Å². The van der Waals surface area contributed by atoms with Crippen molar-refractivity contribution in [1.29, 1.82) is 5.26 Å². The van der Waals surface area contributed by atoms with Gasteiger partial charge in [0.15, 0.2) is 0 Å². The van der Waals surface area contributed by atoms with Gasteiger partial charge in [0.1, 0.15) is 11.6 Å². The summed E-state index contributed by atoms with van der Waals surface area (Å²) in [7, 11) is 0. The normalized spacial score (nSPS) is 14.8. The number of nitriles is 1. The first-order valence-electron chi connectivity index (χ1n) is 7.95. The molecule has 0 atom stereocenters. The average molecular weight is 297 g/mol. The van der Waals surface area contributed by atoms with E-state index in [1.54, 1.807) is 11.0 Å². The highest BCUT2D eigenvalue weighted by atomic mass is 16.2. The lowest BCUT2D eigenvalue weighted by Gasteiger charge is -2.20. The van der Waals surface area contributed by atoms with Gasteiger partial charge in [0, 0.05) is 31.9 Å². The molecule has 0 saturated carbocycles. The van der Waals surface area contributed by atoms with Crippen LogP contribution in [0.1, 0.15) is 32.3 Å². The zero-order valence-corrected chi connectivity index (χ0v) is 13.4. The maximum Gasteiger partial charge on any atom is 0.264 e. The first kappa shape index (κ1) is 16.1. The molecule has 1 aliphatic heterocycles. The van der Waals surface area contributed by atoms with Gasteiger partial charge in [-0.2, -0.15) is 5.26 Å². The van der Waals surface area contributed by atoms with Crippen molar-refractivity contribution in [3.63, 3.8) is 0 Å². The summed E-state index contributed by atoms with van der Waals surface area (Å²) >= 11 is 0. The Hall–Kier alpha value is -2.28. The molecule has 1 heterocycles. The van der Waals surface area contributed by atoms with Crippen molar-refractivity contribution in [1.82, 2.24) is 4.90 Å². The van der Waals surface area contributed by atoms with Crippen LogP contribution in [0.5, 0.6) is 0 Å². The number of nitrogens with zero attached hydrogens (tertiary/aromatic N) is 3. The lowest BCUT2D eigenvalue weighted by atomic mass is 10.1. The molecule has 4 nitrogen and oxygen atoms in total. The summed E-state index contributed by atoms with van der Waals surface area (Å²) in [4.78, 5) is 16.3. The summed E-state index contributed by atoms with van der Waals surface area (Å²) in [6, 6.07) is 10.0. The number of likely N-dealkylation sites (tertiary alicyclic amines) is 1. The summed E-state index contributed by atoms with van der Waals surface area (Å²) in [6.07, 6.45) is 3.75. The maximum absolute atomic E-state index is 12.3. The molecular weight excluding hydrogens is 274 g/mol. The quantitative estimate of drug-likeness (QED) is 0.620. The Morgan fingerprint density at radius 1 is 1.23 bits per heavy atom. The topological polar surface area (TPSA) is 47.3 Å². The Bertz CT molecular complexity index is 573. The van der Waals surface area contributed by atoms with Gasteiger partial charge >= 0.3 is 0 Å². The molecule has 0 bridgehead atoms. The maximum atomic E-state index is 12.3. The van der Waals surface area contributed by atoms with Crippen LogP contribution in [0.15, 0.2) is 29.8 Å². The Kier molecular flexibility index (Phi) is 5.60. The van der Waals surface area contributed by atoms with Crippen molar-refractivity contribution < 1.29 is 4.79 Å². The fourth-order valence-corrected chi connectivity index (χ4v) is 2.77. The first-order chi connectivity index (χ1) is 10.7. The highest BCUT2D eigenvalue weighted by Gasteiger charge is 2.21. The van der Waals surface area contributed by atoms with E-state index in [9.17, 15) is 10.1 Å². The van der Waals surface area contributed by atoms with Gasteiger partial charge in [0.05, 0.1) is 0 Å². The Morgan fingerprint density at radius 3 is 2.32 bits per heavy atom. The van der Waals surface area contributed by atoms with Crippen LogP contribution in [0.3, 0.4) is 0 Å². The van der Waals surface area contributed by atoms with Crippen LogP contribution in [0.2, 0.25) is 0 Å². The summed E-state index contributed by atoms with van der Waals surface area (Å²) < 4.78 is 0. The molecule has 0 aliphatic carbocycles. The van der Waals surface area contributed by atoms with Gasteiger partial charge in [0.25, 0.3) is 5.91 Å². The van der Waals surface area contributed by atoms with Crippen molar-refractivity contribution in [3.05, 3.63) is 35.4 Å². The molecular formula is C18H23N3O. The minimum atomic E-state index is -0.146. The third-order valence-corrected chi connectivity index (χ3v) is 4.08. The molecule has 0 N–H and O–H groups in total. The standard InChI is InChI=1S/C18H23N3O/c1-3-20(4-2)17-9-7-15(8-10-17)13-16(14-19)18(22)21-11-5-6-12-21/h7-10,13H,3-6,11-12H2,1-2H3/b16-13+. The van der Waals surface area contributed by atoms with Crippen LogP contribution in [-0.4, -0.2) is 37.0 Å². The predicted octanol–water partition coefficient (Wildman–Crippen LogP) is 3.06. The molecule has 0 spiro atoms. The van der Waals surface area contributed by atoms with E-state index in [-0.39, 0.29) is 11.5 Å². The van der Waals surface area contributed by atoms with Gasteiger partial charge < -0.3 is 9.80 Å². The summed E-state index contributed by atoms with van der Waals surface area (Å²) in [5.41, 5.74) is 2.27. The number of carbonyl (C=O) groups is 1. The van der Waals surface area contributed by atoms with Crippen LogP contribution in [0.25, 0.3) is 6.08 Å². The Balaban J connectivity index is 2.16. The Labute approximate surface area is 132 Å². The molecule has 1 aromatic rings. The van der Waals surface area contributed by atoms with E-state index < -0.39 is 0 Å². The van der Waals surface area contributed by atoms with Gasteiger partial charge in [-0.05, 0) is 50.5 Å². The van der Waals surface area contributed by atoms with E-state index in [4.69, 9.17) is 0 Å². The zero-order chi connectivity index (χ0) is 15.9. The van der Waals surface area contributed by atoms with E-state index in [2.05, 4.69) is 18.7 Å². The number of hydrogen-bond donors (Lipinski definition) is 0. The predicted molar refractivity (Wildman–Crippen MR) is 89.4 cm³/mol. The molecule has 1 fully saturated rings. The van der Waals surface area contributed by atoms with Gasteiger partial charge in [0.2, 0.25) is 0 Å². The molecule has 1 aliphatic rings. The highest BCUT2D eigenvalue weighted by Crippen LogP contribution is 2.18. The summed E-state index contributed by atoms with van der Waals surface area (Å²) in [5.74, 6) is -0.146. The van der Waals surface area contributed by atoms with E-state index in [1.807, 2.05) is 30.3 Å². The third-order valence-electron chi connectivity index (χ3n) is 4.08. The SMILES string of the molecule is CCN(CC)c1ccc(/C=C(\C#N)C(=O)N2CCCC2)cc1. The average Bonchev–Trinajstić information content (AvgIpc) is 3.09. The number of benzene rings is 1. The van der Waals surface area contributed by atoms with Crippen molar-refractivity contribution in [2.45, 2.75) is 26.7 Å². The second kappa shape index (κ2) is 7.65. The number of anilines is 1. The second-order valence-corrected chi connectivity index (χ2v) is 5.43. The van der Waals surface area contributed by atoms with Gasteiger partial charge in [-0.1, -0.05) is 12.1 Å². The fraction of sp³-hybridized carbons (Fsp3) is 0.444. The molecule has 4 heteroatoms. The molecule has 1 saturated heterocycles. The van der Waals surface area contributed by atoms with Gasteiger partial charge in [-0.25, -0.2) is 0 Å². The van der Waals surface area contributed by atoms with Crippen molar-refractivity contribution in [2.24, 2.45) is 0 Å². The van der Waals surface area contributed by atoms with E-state index in [1.165, 1.54) is 0 Å². The minimum absolute atomic E-state index is 0.146. The Morgan fingerprint density at radius 2 is 1.82 bits per heavy atom. The molecule has 0 aromatic heterocycles. The van der Waals surface area contributed by atoms with E-state index in [0.29, 0.717) is 0 Å². The molecule has 22 heavy (non-hydrogen) atoms. The number of hydrogen-bond acceptors (Lipinski definition) is 3. The van der Waals surface area contributed by atoms with Gasteiger partial charge in [-0.3, -0.25) is 4.79 Å². The van der Waals surface area contributed by atoms with Crippen LogP contribution in [-0.2, 0) is 4.79 Å². The van der Waals surface area contributed by atoms with Crippen LogP contribution in [0, 0.1) is 11.3 Å². The van der Waals surface area contributed by atoms with Crippen molar-refractivity contribution in [3.8, 4) is 6.07 Å². The van der Waals surface area contributed by atoms with Crippen LogP contribution in [0.4, 0.5) is 5.69 Å².